The summed E-state index contributed by atoms with van der Waals surface area (Å²) in [5.41, 5.74) is -1.19. The molecule has 1 aliphatic heterocycles. The normalized spacial score (nSPS) is 32.9. The van der Waals surface area contributed by atoms with E-state index in [1.54, 1.807) is 6.07 Å². The van der Waals surface area contributed by atoms with Gasteiger partial charge in [0.1, 0.15) is 29.9 Å². The highest BCUT2D eigenvalue weighted by Gasteiger charge is 2.44. The number of aliphatic hydroxyl groups is 4. The second-order valence-electron chi connectivity index (χ2n) is 4.54. The Morgan fingerprint density at radius 3 is 2.48 bits per heavy atom. The highest BCUT2D eigenvalue weighted by molar-refractivity contribution is 8.00. The molecule has 0 spiro atoms. The molecule has 8 nitrogen and oxygen atoms in total. The molecule has 0 amide bonds. The molecule has 4 N–H and O–H groups in total. The average Bonchev–Trinajstić information content (AvgIpc) is 2.48. The van der Waals surface area contributed by atoms with Crippen molar-refractivity contribution < 1.29 is 30.1 Å². The molecule has 116 valence electrons. The number of hydrogen-bond donors (Lipinski definition) is 4. The molecule has 21 heavy (non-hydrogen) atoms. The summed E-state index contributed by atoms with van der Waals surface area (Å²) in [6.07, 6.45) is -5.43. The standard InChI is InChI=1S/C12H15NO7S/c14-5-7-9(15)10(16)11(17)12(20-7)21-8-4-2-1-3-6(8)13(18)19/h1-4,7,9-12,14-17H,5H2/t7-,9+,10+,11-,12+/m0/s1. The molecule has 0 aromatic heterocycles. The van der Waals surface area contributed by atoms with E-state index in [1.807, 2.05) is 0 Å². The first-order valence-corrected chi connectivity index (χ1v) is 7.04. The number of aliphatic hydroxyl groups excluding tert-OH is 4. The van der Waals surface area contributed by atoms with E-state index < -0.39 is 41.4 Å². The van der Waals surface area contributed by atoms with Crippen LogP contribution in [0.25, 0.3) is 0 Å². The van der Waals surface area contributed by atoms with Gasteiger partial charge in [-0.3, -0.25) is 10.1 Å². The zero-order valence-corrected chi connectivity index (χ0v) is 11.6. The summed E-state index contributed by atoms with van der Waals surface area (Å²) in [4.78, 5) is 10.6. The summed E-state index contributed by atoms with van der Waals surface area (Å²) in [7, 11) is 0. The van der Waals surface area contributed by atoms with E-state index in [0.717, 1.165) is 11.8 Å². The Morgan fingerprint density at radius 1 is 1.19 bits per heavy atom. The van der Waals surface area contributed by atoms with Crippen molar-refractivity contribution in [3.63, 3.8) is 0 Å². The summed E-state index contributed by atoms with van der Waals surface area (Å²) in [5, 5.41) is 49.3. The van der Waals surface area contributed by atoms with Crippen LogP contribution in [-0.2, 0) is 4.74 Å². The molecule has 9 heteroatoms. The lowest BCUT2D eigenvalue weighted by atomic mass is 10.0. The molecule has 1 fully saturated rings. The van der Waals surface area contributed by atoms with E-state index >= 15 is 0 Å². The lowest BCUT2D eigenvalue weighted by molar-refractivity contribution is -0.387. The Morgan fingerprint density at radius 2 is 1.86 bits per heavy atom. The molecule has 1 aromatic carbocycles. The van der Waals surface area contributed by atoms with Crippen LogP contribution in [-0.4, -0.2) is 61.8 Å². The molecule has 1 aliphatic rings. The van der Waals surface area contributed by atoms with Crippen LogP contribution in [0, 0.1) is 10.1 Å². The van der Waals surface area contributed by atoms with Gasteiger partial charge in [0.25, 0.3) is 5.69 Å². The second-order valence-corrected chi connectivity index (χ2v) is 5.68. The summed E-state index contributed by atoms with van der Waals surface area (Å²) in [6.45, 7) is -0.543. The van der Waals surface area contributed by atoms with Crippen molar-refractivity contribution in [2.75, 3.05) is 6.61 Å². The number of benzene rings is 1. The Hall–Kier alpha value is -1.23. The van der Waals surface area contributed by atoms with Gasteiger partial charge in [-0.1, -0.05) is 23.9 Å². The fourth-order valence-electron chi connectivity index (χ4n) is 2.00. The van der Waals surface area contributed by atoms with Gasteiger partial charge in [-0.05, 0) is 6.07 Å². The Balaban J connectivity index is 2.20. The summed E-state index contributed by atoms with van der Waals surface area (Å²) < 4.78 is 5.30. The minimum absolute atomic E-state index is 0.153. The molecule has 0 aliphatic carbocycles. The van der Waals surface area contributed by atoms with Crippen molar-refractivity contribution in [1.29, 1.82) is 0 Å². The number of para-hydroxylation sites is 1. The number of rotatable bonds is 4. The van der Waals surface area contributed by atoms with Gasteiger partial charge < -0.3 is 25.2 Å². The van der Waals surface area contributed by atoms with Gasteiger partial charge in [0.15, 0.2) is 0 Å². The van der Waals surface area contributed by atoms with Crippen molar-refractivity contribution in [2.45, 2.75) is 34.7 Å². The summed E-state index contributed by atoms with van der Waals surface area (Å²) >= 11 is 0.856. The van der Waals surface area contributed by atoms with Crippen LogP contribution in [0.5, 0.6) is 0 Å². The zero-order chi connectivity index (χ0) is 15.6. The molecule has 0 bridgehead atoms. The second kappa shape index (κ2) is 6.69. The molecule has 2 rings (SSSR count). The van der Waals surface area contributed by atoms with E-state index in [2.05, 4.69) is 0 Å². The molecule has 1 aromatic rings. The third-order valence-corrected chi connectivity index (χ3v) is 4.37. The van der Waals surface area contributed by atoms with E-state index in [1.165, 1.54) is 18.2 Å². The topological polar surface area (TPSA) is 133 Å². The first-order valence-electron chi connectivity index (χ1n) is 6.16. The van der Waals surface area contributed by atoms with Crippen molar-refractivity contribution in [3.05, 3.63) is 34.4 Å². The maximum absolute atomic E-state index is 10.9. The summed E-state index contributed by atoms with van der Waals surface area (Å²) in [5.74, 6) is 0. The molecular formula is C12H15NO7S. The van der Waals surface area contributed by atoms with Crippen LogP contribution in [0.3, 0.4) is 0 Å². The van der Waals surface area contributed by atoms with Crippen LogP contribution in [0.1, 0.15) is 0 Å². The highest BCUT2D eigenvalue weighted by atomic mass is 32.2. The number of nitrogens with zero attached hydrogens (tertiary/aromatic N) is 1. The van der Waals surface area contributed by atoms with E-state index in [-0.39, 0.29) is 10.6 Å². The van der Waals surface area contributed by atoms with Crippen molar-refractivity contribution >= 4 is 17.4 Å². The Labute approximate surface area is 124 Å². The molecule has 1 saturated heterocycles. The first kappa shape index (κ1) is 16.1. The average molecular weight is 317 g/mol. The zero-order valence-electron chi connectivity index (χ0n) is 10.8. The van der Waals surface area contributed by atoms with Gasteiger partial charge >= 0.3 is 0 Å². The number of ether oxygens (including phenoxy) is 1. The number of hydrogen-bond acceptors (Lipinski definition) is 8. The van der Waals surface area contributed by atoms with Gasteiger partial charge in [0.05, 0.1) is 16.4 Å². The van der Waals surface area contributed by atoms with E-state index in [9.17, 15) is 25.4 Å². The van der Waals surface area contributed by atoms with Gasteiger partial charge in [-0.25, -0.2) is 0 Å². The summed E-state index contributed by atoms with van der Waals surface area (Å²) in [6, 6.07) is 5.91. The van der Waals surface area contributed by atoms with Crippen molar-refractivity contribution in [3.8, 4) is 0 Å². The van der Waals surface area contributed by atoms with Crippen LogP contribution in [0.4, 0.5) is 5.69 Å². The largest absolute Gasteiger partial charge is 0.394 e. The van der Waals surface area contributed by atoms with Crippen molar-refractivity contribution in [1.82, 2.24) is 0 Å². The molecule has 0 unspecified atom stereocenters. The lowest BCUT2D eigenvalue weighted by Gasteiger charge is -2.39. The fraction of sp³-hybridized carbons (Fsp3) is 0.500. The number of nitro groups is 1. The van der Waals surface area contributed by atoms with Gasteiger partial charge in [-0.2, -0.15) is 0 Å². The molecule has 5 atom stereocenters. The van der Waals surface area contributed by atoms with Crippen LogP contribution >= 0.6 is 11.8 Å². The highest BCUT2D eigenvalue weighted by Crippen LogP contribution is 2.37. The molecular weight excluding hydrogens is 302 g/mol. The lowest BCUT2D eigenvalue weighted by Crippen LogP contribution is -2.57. The quantitative estimate of drug-likeness (QED) is 0.431. The van der Waals surface area contributed by atoms with E-state index in [4.69, 9.17) is 9.84 Å². The van der Waals surface area contributed by atoms with Crippen LogP contribution in [0.2, 0.25) is 0 Å². The molecule has 0 radical (unpaired) electrons. The van der Waals surface area contributed by atoms with Crippen LogP contribution in [0.15, 0.2) is 29.2 Å². The van der Waals surface area contributed by atoms with Crippen LogP contribution < -0.4 is 0 Å². The Kier molecular flexibility index (Phi) is 5.14. The van der Waals surface area contributed by atoms with Gasteiger partial charge in [0, 0.05) is 6.07 Å². The number of nitro benzene ring substituents is 1. The first-order chi connectivity index (χ1) is 9.95. The maximum atomic E-state index is 10.9. The van der Waals surface area contributed by atoms with Gasteiger partial charge in [0.2, 0.25) is 0 Å². The fourth-order valence-corrected chi connectivity index (χ4v) is 3.17. The molecule has 0 saturated carbocycles. The third kappa shape index (κ3) is 3.34. The number of thioether (sulfide) groups is 1. The Bertz CT molecular complexity index is 512. The molecule has 1 heterocycles. The minimum atomic E-state index is -1.50. The third-order valence-electron chi connectivity index (χ3n) is 3.15. The predicted octanol–water partition coefficient (Wildman–Crippen LogP) is -0.513. The van der Waals surface area contributed by atoms with Gasteiger partial charge in [-0.15, -0.1) is 0 Å². The van der Waals surface area contributed by atoms with E-state index in [0.29, 0.717) is 0 Å². The maximum Gasteiger partial charge on any atom is 0.282 e. The van der Waals surface area contributed by atoms with Crippen molar-refractivity contribution in [2.24, 2.45) is 0 Å². The smallest absolute Gasteiger partial charge is 0.282 e. The predicted molar refractivity (Wildman–Crippen MR) is 72.7 cm³/mol. The minimum Gasteiger partial charge on any atom is -0.394 e. The monoisotopic (exact) mass is 317 g/mol. The SMILES string of the molecule is O=[N+]([O-])c1ccccc1S[C@H]1O[C@@H](CO)[C@@H](O)[C@@H](O)[C@@H]1O.